The topological polar surface area (TPSA) is 40.6 Å². The maximum absolute atomic E-state index is 12.7. The molecule has 2 aliphatic rings. The van der Waals surface area contributed by atoms with Crippen molar-refractivity contribution in [1.29, 1.82) is 0 Å². The molecular formula is C17H24N2O2S. The van der Waals surface area contributed by atoms with E-state index in [0.29, 0.717) is 25.0 Å². The van der Waals surface area contributed by atoms with Gasteiger partial charge in [-0.3, -0.25) is 9.59 Å². The third kappa shape index (κ3) is 3.19. The summed E-state index contributed by atoms with van der Waals surface area (Å²) in [5.41, 5.74) is 0. The Morgan fingerprint density at radius 3 is 2.55 bits per heavy atom. The summed E-state index contributed by atoms with van der Waals surface area (Å²) >= 11 is 1.49. The Hall–Kier alpha value is -1.36. The predicted molar refractivity (Wildman–Crippen MR) is 88.0 cm³/mol. The molecule has 120 valence electrons. The predicted octanol–water partition coefficient (Wildman–Crippen LogP) is 3.00. The number of nitrogens with zero attached hydrogens (tertiary/aromatic N) is 2. The van der Waals surface area contributed by atoms with Crippen LogP contribution in [0.5, 0.6) is 0 Å². The zero-order valence-corrected chi connectivity index (χ0v) is 14.0. The Morgan fingerprint density at radius 2 is 1.91 bits per heavy atom. The molecule has 3 heterocycles. The average molecular weight is 320 g/mol. The van der Waals surface area contributed by atoms with Crippen molar-refractivity contribution in [2.75, 3.05) is 19.6 Å². The van der Waals surface area contributed by atoms with Gasteiger partial charge in [-0.2, -0.15) is 0 Å². The molecule has 2 aliphatic heterocycles. The van der Waals surface area contributed by atoms with Gasteiger partial charge in [-0.05, 0) is 50.5 Å². The van der Waals surface area contributed by atoms with Crippen molar-refractivity contribution in [3.05, 3.63) is 22.4 Å². The molecule has 0 unspecified atom stereocenters. The first-order valence-corrected chi connectivity index (χ1v) is 9.18. The average Bonchev–Trinajstić information content (AvgIpc) is 3.09. The number of carbonyl (C=O) groups is 2. The number of thiophene rings is 1. The molecule has 0 radical (unpaired) electrons. The van der Waals surface area contributed by atoms with Crippen LogP contribution < -0.4 is 0 Å². The highest BCUT2D eigenvalue weighted by Gasteiger charge is 2.33. The largest absolute Gasteiger partial charge is 0.340 e. The maximum atomic E-state index is 12.7. The van der Waals surface area contributed by atoms with E-state index in [-0.39, 0.29) is 11.8 Å². The van der Waals surface area contributed by atoms with Crippen LogP contribution in [0, 0.1) is 5.92 Å². The van der Waals surface area contributed by atoms with E-state index >= 15 is 0 Å². The summed E-state index contributed by atoms with van der Waals surface area (Å²) in [6.07, 6.45) is 5.10. The number of likely N-dealkylation sites (tertiary alicyclic amines) is 2. The molecule has 1 aromatic rings. The zero-order chi connectivity index (χ0) is 15.5. The number of piperidine rings is 2. The minimum absolute atomic E-state index is 0.105. The number of hydrogen-bond acceptors (Lipinski definition) is 3. The van der Waals surface area contributed by atoms with Crippen molar-refractivity contribution < 1.29 is 9.59 Å². The van der Waals surface area contributed by atoms with Crippen LogP contribution in [0.15, 0.2) is 17.5 Å². The van der Waals surface area contributed by atoms with Crippen molar-refractivity contribution in [2.24, 2.45) is 5.92 Å². The van der Waals surface area contributed by atoms with Gasteiger partial charge in [0.25, 0.3) is 5.91 Å². The van der Waals surface area contributed by atoms with Gasteiger partial charge in [0.1, 0.15) is 0 Å². The van der Waals surface area contributed by atoms with Gasteiger partial charge in [0.15, 0.2) is 0 Å². The second kappa shape index (κ2) is 6.82. The van der Waals surface area contributed by atoms with Crippen molar-refractivity contribution >= 4 is 23.2 Å². The molecule has 1 atom stereocenters. The van der Waals surface area contributed by atoms with Crippen LogP contribution in [0.2, 0.25) is 0 Å². The van der Waals surface area contributed by atoms with E-state index in [1.54, 1.807) is 0 Å². The second-order valence-electron chi connectivity index (χ2n) is 6.42. The fraction of sp³-hybridized carbons (Fsp3) is 0.647. The van der Waals surface area contributed by atoms with E-state index in [9.17, 15) is 9.59 Å². The van der Waals surface area contributed by atoms with Crippen LogP contribution in [0.1, 0.15) is 48.7 Å². The lowest BCUT2D eigenvalue weighted by molar-refractivity contribution is -0.140. The molecule has 3 rings (SSSR count). The number of amides is 2. The third-order valence-electron chi connectivity index (χ3n) is 4.95. The molecule has 2 fully saturated rings. The molecule has 1 aromatic heterocycles. The quantitative estimate of drug-likeness (QED) is 0.840. The summed E-state index contributed by atoms with van der Waals surface area (Å²) in [6.45, 7) is 4.48. The fourth-order valence-corrected chi connectivity index (χ4v) is 4.24. The third-order valence-corrected chi connectivity index (χ3v) is 5.81. The lowest BCUT2D eigenvalue weighted by Crippen LogP contribution is -2.48. The second-order valence-corrected chi connectivity index (χ2v) is 7.37. The lowest BCUT2D eigenvalue weighted by atomic mass is 9.93. The maximum Gasteiger partial charge on any atom is 0.263 e. The van der Waals surface area contributed by atoms with E-state index in [2.05, 4.69) is 11.8 Å². The number of rotatable bonds is 2. The van der Waals surface area contributed by atoms with E-state index in [4.69, 9.17) is 0 Å². The minimum atomic E-state index is 0.105. The van der Waals surface area contributed by atoms with Crippen molar-refractivity contribution in [3.8, 4) is 0 Å². The Labute approximate surface area is 136 Å². The number of hydrogen-bond donors (Lipinski definition) is 0. The van der Waals surface area contributed by atoms with Crippen molar-refractivity contribution in [2.45, 2.75) is 45.1 Å². The van der Waals surface area contributed by atoms with Gasteiger partial charge in [0.2, 0.25) is 5.91 Å². The molecule has 2 amide bonds. The highest BCUT2D eigenvalue weighted by Crippen LogP contribution is 2.25. The van der Waals surface area contributed by atoms with Crippen LogP contribution in [0.3, 0.4) is 0 Å². The monoisotopic (exact) mass is 320 g/mol. The molecule has 0 aliphatic carbocycles. The van der Waals surface area contributed by atoms with Gasteiger partial charge in [-0.1, -0.05) is 6.07 Å². The molecule has 2 saturated heterocycles. The van der Waals surface area contributed by atoms with Crippen molar-refractivity contribution in [3.63, 3.8) is 0 Å². The van der Waals surface area contributed by atoms with Gasteiger partial charge in [-0.15, -0.1) is 11.3 Å². The Morgan fingerprint density at radius 1 is 1.14 bits per heavy atom. The van der Waals surface area contributed by atoms with E-state index in [0.717, 1.165) is 37.1 Å². The van der Waals surface area contributed by atoms with Gasteiger partial charge in [0.05, 0.1) is 4.88 Å². The molecule has 0 spiro atoms. The summed E-state index contributed by atoms with van der Waals surface area (Å²) in [7, 11) is 0. The van der Waals surface area contributed by atoms with Crippen LogP contribution in [0.4, 0.5) is 0 Å². The number of carbonyl (C=O) groups excluding carboxylic acids is 2. The normalized spacial score (nSPS) is 23.6. The molecular weight excluding hydrogens is 296 g/mol. The van der Waals surface area contributed by atoms with Gasteiger partial charge in [0, 0.05) is 31.6 Å². The SMILES string of the molecule is C[C@H]1CCCCN1C(=O)C1CCN(C(=O)c2cccs2)CC1. The van der Waals surface area contributed by atoms with Crippen LogP contribution in [0.25, 0.3) is 0 Å². The summed E-state index contributed by atoms with van der Waals surface area (Å²) in [4.78, 5) is 29.8. The van der Waals surface area contributed by atoms with Crippen LogP contribution >= 0.6 is 11.3 Å². The van der Waals surface area contributed by atoms with Crippen LogP contribution in [-0.2, 0) is 4.79 Å². The smallest absolute Gasteiger partial charge is 0.263 e. The highest BCUT2D eigenvalue weighted by molar-refractivity contribution is 7.12. The Bertz CT molecular complexity index is 521. The Kier molecular flexibility index (Phi) is 4.81. The molecule has 0 N–H and O–H groups in total. The lowest BCUT2D eigenvalue weighted by Gasteiger charge is -2.38. The zero-order valence-electron chi connectivity index (χ0n) is 13.2. The van der Waals surface area contributed by atoms with E-state index in [1.807, 2.05) is 22.4 Å². The summed E-state index contributed by atoms with van der Waals surface area (Å²) < 4.78 is 0. The van der Waals surface area contributed by atoms with E-state index in [1.165, 1.54) is 17.8 Å². The first-order chi connectivity index (χ1) is 10.7. The van der Waals surface area contributed by atoms with E-state index < -0.39 is 0 Å². The van der Waals surface area contributed by atoms with Crippen LogP contribution in [-0.4, -0.2) is 47.3 Å². The summed E-state index contributed by atoms with van der Waals surface area (Å²) in [6, 6.07) is 4.16. The van der Waals surface area contributed by atoms with Crippen molar-refractivity contribution in [1.82, 2.24) is 9.80 Å². The minimum Gasteiger partial charge on any atom is -0.340 e. The van der Waals surface area contributed by atoms with Gasteiger partial charge < -0.3 is 9.80 Å². The van der Waals surface area contributed by atoms with Gasteiger partial charge in [-0.25, -0.2) is 0 Å². The van der Waals surface area contributed by atoms with Gasteiger partial charge >= 0.3 is 0 Å². The first kappa shape index (κ1) is 15.5. The fourth-order valence-electron chi connectivity index (χ4n) is 3.55. The molecule has 0 saturated carbocycles. The molecule has 22 heavy (non-hydrogen) atoms. The standard InChI is InChI=1S/C17H24N2O2S/c1-13-5-2-3-9-19(13)16(20)14-7-10-18(11-8-14)17(21)15-6-4-12-22-15/h4,6,12-14H,2-3,5,7-11H2,1H3/t13-/m0/s1. The molecule has 5 heteroatoms. The molecule has 4 nitrogen and oxygen atoms in total. The summed E-state index contributed by atoms with van der Waals surface area (Å²) in [5.74, 6) is 0.538. The first-order valence-electron chi connectivity index (χ1n) is 8.30. The summed E-state index contributed by atoms with van der Waals surface area (Å²) in [5, 5.41) is 1.93. The Balaban J connectivity index is 1.55. The molecule has 0 bridgehead atoms. The molecule has 0 aromatic carbocycles. The highest BCUT2D eigenvalue weighted by atomic mass is 32.1.